The van der Waals surface area contributed by atoms with Crippen molar-refractivity contribution >= 4 is 52.0 Å². The summed E-state index contributed by atoms with van der Waals surface area (Å²) in [5.74, 6) is -2.00. The van der Waals surface area contributed by atoms with Crippen molar-refractivity contribution in [2.45, 2.75) is 13.8 Å². The van der Waals surface area contributed by atoms with Crippen molar-refractivity contribution in [1.82, 2.24) is 0 Å². The molecule has 8 heteroatoms. The molecule has 0 radical (unpaired) electrons. The van der Waals surface area contributed by atoms with E-state index in [4.69, 9.17) is 11.6 Å². The second-order valence-electron chi connectivity index (χ2n) is 7.54. The number of amides is 3. The van der Waals surface area contributed by atoms with Gasteiger partial charge in [0.1, 0.15) is 11.5 Å². The molecule has 1 heterocycles. The molecule has 1 aliphatic heterocycles. The average molecular weight is 464 g/mol. The zero-order valence-electron chi connectivity index (χ0n) is 17.8. The van der Waals surface area contributed by atoms with E-state index in [-0.39, 0.29) is 27.9 Å². The third-order valence-corrected chi connectivity index (χ3v) is 5.35. The topological polar surface area (TPSA) is 78.5 Å². The molecule has 0 fully saturated rings. The van der Waals surface area contributed by atoms with Crippen LogP contribution in [0.1, 0.15) is 18.1 Å². The molecule has 0 bridgehead atoms. The summed E-state index contributed by atoms with van der Waals surface area (Å²) in [4.78, 5) is 39.0. The first-order valence-electron chi connectivity index (χ1n) is 10.0. The van der Waals surface area contributed by atoms with Crippen LogP contribution in [0.2, 0.25) is 5.02 Å². The standard InChI is InChI=1S/C25H19ClFN3O3/c1-14-3-5-16(6-4-14)22-23(29-18-9-7-17(8-10-18)28-15(2)31)25(33)30(24(22)32)19-11-12-21(27)20(26)13-19/h3-13,29H,1-2H3,(H,28,31). The lowest BCUT2D eigenvalue weighted by Gasteiger charge is -2.16. The van der Waals surface area contributed by atoms with Crippen molar-refractivity contribution in [2.24, 2.45) is 0 Å². The summed E-state index contributed by atoms with van der Waals surface area (Å²) in [5, 5.41) is 5.51. The van der Waals surface area contributed by atoms with Gasteiger partial charge in [-0.1, -0.05) is 41.4 Å². The van der Waals surface area contributed by atoms with Crippen LogP contribution in [-0.4, -0.2) is 17.7 Å². The minimum Gasteiger partial charge on any atom is -0.350 e. The van der Waals surface area contributed by atoms with Crippen molar-refractivity contribution in [1.29, 1.82) is 0 Å². The summed E-state index contributed by atoms with van der Waals surface area (Å²) >= 11 is 5.89. The minimum absolute atomic E-state index is 0.0802. The third-order valence-electron chi connectivity index (χ3n) is 5.06. The van der Waals surface area contributed by atoms with Crippen molar-refractivity contribution in [3.8, 4) is 0 Å². The molecule has 3 aromatic carbocycles. The molecule has 6 nitrogen and oxygen atoms in total. The average Bonchev–Trinajstić information content (AvgIpc) is 3.01. The van der Waals surface area contributed by atoms with Gasteiger partial charge in [0.25, 0.3) is 11.8 Å². The van der Waals surface area contributed by atoms with Crippen LogP contribution in [0.25, 0.3) is 5.57 Å². The molecule has 0 unspecified atom stereocenters. The Hall–Kier alpha value is -3.97. The van der Waals surface area contributed by atoms with Crippen molar-refractivity contribution in [3.63, 3.8) is 0 Å². The molecule has 0 atom stereocenters. The van der Waals surface area contributed by atoms with Gasteiger partial charge in [-0.15, -0.1) is 0 Å². The van der Waals surface area contributed by atoms with Gasteiger partial charge in [0, 0.05) is 18.3 Å². The van der Waals surface area contributed by atoms with Crippen LogP contribution in [0, 0.1) is 12.7 Å². The largest absolute Gasteiger partial charge is 0.350 e. The molecule has 0 aromatic heterocycles. The summed E-state index contributed by atoms with van der Waals surface area (Å²) in [6, 6.07) is 17.6. The first-order chi connectivity index (χ1) is 15.7. The number of anilines is 3. The Bertz CT molecular complexity index is 1300. The number of rotatable bonds is 5. The fraction of sp³-hybridized carbons (Fsp3) is 0.0800. The quantitative estimate of drug-likeness (QED) is 0.513. The van der Waals surface area contributed by atoms with E-state index in [9.17, 15) is 18.8 Å². The van der Waals surface area contributed by atoms with E-state index >= 15 is 0 Å². The molecule has 0 saturated carbocycles. The molecular weight excluding hydrogens is 445 g/mol. The first-order valence-corrected chi connectivity index (χ1v) is 10.4. The summed E-state index contributed by atoms with van der Waals surface area (Å²) in [7, 11) is 0. The lowest BCUT2D eigenvalue weighted by Crippen LogP contribution is -2.32. The maximum Gasteiger partial charge on any atom is 0.282 e. The summed E-state index contributed by atoms with van der Waals surface area (Å²) in [5.41, 5.74) is 3.14. The molecule has 33 heavy (non-hydrogen) atoms. The number of carbonyl (C=O) groups is 3. The van der Waals surface area contributed by atoms with E-state index in [1.807, 2.05) is 19.1 Å². The normalized spacial score (nSPS) is 13.5. The molecule has 1 aliphatic rings. The van der Waals surface area contributed by atoms with Gasteiger partial charge < -0.3 is 10.6 Å². The Kier molecular flexibility index (Phi) is 5.98. The van der Waals surface area contributed by atoms with Crippen LogP contribution < -0.4 is 15.5 Å². The molecule has 3 amide bonds. The zero-order valence-corrected chi connectivity index (χ0v) is 18.5. The number of benzene rings is 3. The second-order valence-corrected chi connectivity index (χ2v) is 7.95. The SMILES string of the molecule is CC(=O)Nc1ccc(NC2=C(c3ccc(C)cc3)C(=O)N(c3ccc(F)c(Cl)c3)C2=O)cc1. The Labute approximate surface area is 194 Å². The second kappa shape index (κ2) is 8.88. The number of aryl methyl sites for hydroxylation is 1. The van der Waals surface area contributed by atoms with Gasteiger partial charge in [-0.25, -0.2) is 9.29 Å². The highest BCUT2D eigenvalue weighted by Crippen LogP contribution is 2.35. The van der Waals surface area contributed by atoms with Gasteiger partial charge >= 0.3 is 0 Å². The van der Waals surface area contributed by atoms with E-state index in [0.29, 0.717) is 16.9 Å². The number of hydrogen-bond acceptors (Lipinski definition) is 4. The number of nitrogens with zero attached hydrogens (tertiary/aromatic N) is 1. The van der Waals surface area contributed by atoms with Gasteiger partial charge in [-0.05, 0) is 55.0 Å². The van der Waals surface area contributed by atoms with Crippen LogP contribution in [-0.2, 0) is 14.4 Å². The van der Waals surface area contributed by atoms with Crippen molar-refractivity contribution in [3.05, 3.63) is 94.4 Å². The predicted octanol–water partition coefficient (Wildman–Crippen LogP) is 5.14. The Morgan fingerprint density at radius 2 is 1.55 bits per heavy atom. The maximum atomic E-state index is 13.7. The van der Waals surface area contributed by atoms with Crippen molar-refractivity contribution in [2.75, 3.05) is 15.5 Å². The lowest BCUT2D eigenvalue weighted by atomic mass is 10.0. The number of hydrogen-bond donors (Lipinski definition) is 2. The van der Waals surface area contributed by atoms with Gasteiger partial charge in [-0.2, -0.15) is 0 Å². The summed E-state index contributed by atoms with van der Waals surface area (Å²) < 4.78 is 13.7. The molecule has 2 N–H and O–H groups in total. The first kappa shape index (κ1) is 22.2. The highest BCUT2D eigenvalue weighted by atomic mass is 35.5. The fourth-order valence-electron chi connectivity index (χ4n) is 3.48. The number of imide groups is 1. The number of halogens is 2. The van der Waals surface area contributed by atoms with E-state index in [1.165, 1.54) is 19.1 Å². The predicted molar refractivity (Wildman–Crippen MR) is 126 cm³/mol. The monoisotopic (exact) mass is 463 g/mol. The van der Waals surface area contributed by atoms with Crippen molar-refractivity contribution < 1.29 is 18.8 Å². The highest BCUT2D eigenvalue weighted by Gasteiger charge is 2.40. The molecule has 0 saturated heterocycles. The lowest BCUT2D eigenvalue weighted by molar-refractivity contribution is -0.120. The highest BCUT2D eigenvalue weighted by molar-refractivity contribution is 6.46. The van der Waals surface area contributed by atoms with Gasteiger partial charge in [0.15, 0.2) is 0 Å². The van der Waals surface area contributed by atoms with Crippen LogP contribution in [0.3, 0.4) is 0 Å². The summed E-state index contributed by atoms with van der Waals surface area (Å²) in [6.07, 6.45) is 0. The zero-order chi connectivity index (χ0) is 23.7. The van der Waals surface area contributed by atoms with Crippen LogP contribution >= 0.6 is 11.6 Å². The van der Waals surface area contributed by atoms with Crippen LogP contribution in [0.15, 0.2) is 72.4 Å². The smallest absolute Gasteiger partial charge is 0.282 e. The van der Waals surface area contributed by atoms with Crippen LogP contribution in [0.4, 0.5) is 21.5 Å². The molecule has 3 aromatic rings. The molecule has 166 valence electrons. The molecule has 0 aliphatic carbocycles. The van der Waals surface area contributed by atoms with E-state index in [1.54, 1.807) is 36.4 Å². The van der Waals surface area contributed by atoms with Gasteiger partial charge in [0.2, 0.25) is 5.91 Å². The Morgan fingerprint density at radius 3 is 2.15 bits per heavy atom. The van der Waals surface area contributed by atoms with E-state index in [2.05, 4.69) is 10.6 Å². The number of nitrogens with one attached hydrogen (secondary N) is 2. The Morgan fingerprint density at radius 1 is 0.909 bits per heavy atom. The van der Waals surface area contributed by atoms with E-state index in [0.717, 1.165) is 16.5 Å². The minimum atomic E-state index is -0.649. The number of carbonyl (C=O) groups excluding carboxylic acids is 3. The molecule has 4 rings (SSSR count). The fourth-order valence-corrected chi connectivity index (χ4v) is 3.65. The third kappa shape index (κ3) is 4.49. The molecular formula is C25H19ClFN3O3. The molecule has 0 spiro atoms. The Balaban J connectivity index is 1.75. The maximum absolute atomic E-state index is 13.7. The summed E-state index contributed by atoms with van der Waals surface area (Å²) in [6.45, 7) is 3.33. The van der Waals surface area contributed by atoms with Crippen LogP contribution in [0.5, 0.6) is 0 Å². The van der Waals surface area contributed by atoms with Gasteiger partial charge in [0.05, 0.1) is 16.3 Å². The van der Waals surface area contributed by atoms with Gasteiger partial charge in [-0.3, -0.25) is 14.4 Å². The van der Waals surface area contributed by atoms with E-state index < -0.39 is 17.6 Å².